The lowest BCUT2D eigenvalue weighted by atomic mass is 10.1. The molecule has 0 saturated carbocycles. The molecule has 0 fully saturated rings. The summed E-state index contributed by atoms with van der Waals surface area (Å²) in [5.74, 6) is 0.215. The normalized spacial score (nSPS) is 10.8. The molecule has 2 aromatic carbocycles. The molecule has 0 aliphatic heterocycles. The smallest absolute Gasteiger partial charge is 0.185 e. The topological polar surface area (TPSA) is 46.5 Å². The molecule has 108 valence electrons. The molecule has 0 atom stereocenters. The number of benzene rings is 2. The van der Waals surface area contributed by atoms with Crippen molar-refractivity contribution in [1.29, 1.82) is 0 Å². The third-order valence-corrected chi connectivity index (χ3v) is 3.74. The Morgan fingerprint density at radius 2 is 2.10 bits per heavy atom. The number of rotatable bonds is 4. The number of methoxy groups -OCH3 is 1. The van der Waals surface area contributed by atoms with E-state index in [1.165, 1.54) is 19.3 Å². The molecule has 0 spiro atoms. The lowest BCUT2D eigenvalue weighted by Gasteiger charge is -2.06. The number of carbonyl (C=O) groups is 1. The van der Waals surface area contributed by atoms with Crippen LogP contribution in [0, 0.1) is 0 Å². The SMILES string of the molecule is COc1cc(/C=C/C(=O)c2cccc(Cl)c2)c(Br)cc1O. The molecule has 2 rings (SSSR count). The Hall–Kier alpha value is -1.78. The molecule has 0 aliphatic carbocycles. The quantitative estimate of drug-likeness (QED) is 0.628. The predicted octanol–water partition coefficient (Wildman–Crippen LogP) is 4.71. The number of allylic oxidation sites excluding steroid dienone is 1. The van der Waals surface area contributed by atoms with Gasteiger partial charge < -0.3 is 9.84 Å². The average molecular weight is 368 g/mol. The van der Waals surface area contributed by atoms with Crippen LogP contribution in [0.3, 0.4) is 0 Å². The monoisotopic (exact) mass is 366 g/mol. The first-order valence-electron chi connectivity index (χ1n) is 6.05. The summed E-state index contributed by atoms with van der Waals surface area (Å²) in [5.41, 5.74) is 1.24. The molecule has 0 saturated heterocycles. The minimum Gasteiger partial charge on any atom is -0.504 e. The molecule has 3 nitrogen and oxygen atoms in total. The molecular weight excluding hydrogens is 356 g/mol. The number of ketones is 1. The Morgan fingerprint density at radius 1 is 1.33 bits per heavy atom. The van der Waals surface area contributed by atoms with Gasteiger partial charge in [-0.3, -0.25) is 4.79 Å². The van der Waals surface area contributed by atoms with Gasteiger partial charge >= 0.3 is 0 Å². The van der Waals surface area contributed by atoms with Crippen LogP contribution in [0.15, 0.2) is 46.9 Å². The van der Waals surface area contributed by atoms with E-state index in [-0.39, 0.29) is 11.5 Å². The second kappa shape index (κ2) is 6.78. The maximum atomic E-state index is 12.1. The summed E-state index contributed by atoms with van der Waals surface area (Å²) < 4.78 is 5.70. The van der Waals surface area contributed by atoms with Gasteiger partial charge in [0.15, 0.2) is 17.3 Å². The summed E-state index contributed by atoms with van der Waals surface area (Å²) in [6.45, 7) is 0. The van der Waals surface area contributed by atoms with Crippen molar-refractivity contribution in [2.75, 3.05) is 7.11 Å². The van der Waals surface area contributed by atoms with Gasteiger partial charge in [-0.1, -0.05) is 39.7 Å². The Morgan fingerprint density at radius 3 is 2.76 bits per heavy atom. The highest BCUT2D eigenvalue weighted by Gasteiger charge is 2.07. The zero-order valence-electron chi connectivity index (χ0n) is 11.1. The first-order valence-corrected chi connectivity index (χ1v) is 7.23. The zero-order chi connectivity index (χ0) is 15.4. The van der Waals surface area contributed by atoms with Crippen molar-refractivity contribution in [3.8, 4) is 11.5 Å². The van der Waals surface area contributed by atoms with Crippen molar-refractivity contribution < 1.29 is 14.6 Å². The van der Waals surface area contributed by atoms with Crippen LogP contribution >= 0.6 is 27.5 Å². The van der Waals surface area contributed by atoms with Gasteiger partial charge in [0, 0.05) is 15.1 Å². The summed E-state index contributed by atoms with van der Waals surface area (Å²) >= 11 is 9.19. The standard InChI is InChI=1S/C16H12BrClO3/c1-21-16-8-10(13(17)9-15(16)20)5-6-14(19)11-3-2-4-12(18)7-11/h2-9,20H,1H3/b6-5+. The number of hydrogen-bond donors (Lipinski definition) is 1. The molecule has 0 heterocycles. The summed E-state index contributed by atoms with van der Waals surface area (Å²) in [5, 5.41) is 10.2. The van der Waals surface area contributed by atoms with Crippen LogP contribution in [0.2, 0.25) is 5.02 Å². The van der Waals surface area contributed by atoms with Crippen LogP contribution in [0.4, 0.5) is 0 Å². The predicted molar refractivity (Wildman–Crippen MR) is 87.2 cm³/mol. The van der Waals surface area contributed by atoms with Crippen molar-refractivity contribution in [2.45, 2.75) is 0 Å². The molecule has 1 N–H and O–H groups in total. The van der Waals surface area contributed by atoms with Crippen molar-refractivity contribution >= 4 is 39.4 Å². The molecule has 2 aromatic rings. The largest absolute Gasteiger partial charge is 0.504 e. The van der Waals surface area contributed by atoms with Gasteiger partial charge in [-0.15, -0.1) is 0 Å². The van der Waals surface area contributed by atoms with E-state index in [0.717, 1.165) is 5.56 Å². The van der Waals surface area contributed by atoms with Gasteiger partial charge in [0.2, 0.25) is 0 Å². The van der Waals surface area contributed by atoms with E-state index in [9.17, 15) is 9.90 Å². The molecule has 0 radical (unpaired) electrons. The molecule has 21 heavy (non-hydrogen) atoms. The Labute approximate surface area is 135 Å². The van der Waals surface area contributed by atoms with Gasteiger partial charge in [-0.2, -0.15) is 0 Å². The number of phenols is 1. The minimum atomic E-state index is -0.156. The van der Waals surface area contributed by atoms with Crippen molar-refractivity contribution in [2.24, 2.45) is 0 Å². The maximum Gasteiger partial charge on any atom is 0.185 e. The number of carbonyl (C=O) groups excluding carboxylic acids is 1. The molecule has 5 heteroatoms. The highest BCUT2D eigenvalue weighted by Crippen LogP contribution is 2.33. The Kier molecular flexibility index (Phi) is 5.04. The summed E-state index contributed by atoms with van der Waals surface area (Å²) in [6.07, 6.45) is 3.09. The number of phenolic OH excluding ortho intramolecular Hbond substituents is 1. The maximum absolute atomic E-state index is 12.1. The van der Waals surface area contributed by atoms with Gasteiger partial charge in [-0.05, 0) is 42.0 Å². The second-order valence-electron chi connectivity index (χ2n) is 4.25. The van der Waals surface area contributed by atoms with Crippen LogP contribution < -0.4 is 4.74 Å². The van der Waals surface area contributed by atoms with Gasteiger partial charge in [-0.25, -0.2) is 0 Å². The minimum absolute atomic E-state index is 0.0303. The third-order valence-electron chi connectivity index (χ3n) is 2.82. The molecule has 0 aromatic heterocycles. The van der Waals surface area contributed by atoms with Crippen LogP contribution in [-0.2, 0) is 0 Å². The van der Waals surface area contributed by atoms with E-state index in [4.69, 9.17) is 16.3 Å². The fraction of sp³-hybridized carbons (Fsp3) is 0.0625. The van der Waals surface area contributed by atoms with E-state index < -0.39 is 0 Å². The lowest BCUT2D eigenvalue weighted by Crippen LogP contribution is -1.93. The number of hydrogen-bond acceptors (Lipinski definition) is 3. The Bertz CT molecular complexity index is 711. The Balaban J connectivity index is 2.27. The van der Waals surface area contributed by atoms with E-state index in [1.54, 1.807) is 36.4 Å². The average Bonchev–Trinajstić information content (AvgIpc) is 2.46. The molecule has 0 aliphatic rings. The van der Waals surface area contributed by atoms with Crippen LogP contribution in [-0.4, -0.2) is 18.0 Å². The van der Waals surface area contributed by atoms with E-state index >= 15 is 0 Å². The van der Waals surface area contributed by atoms with Gasteiger partial charge in [0.05, 0.1) is 7.11 Å². The van der Waals surface area contributed by atoms with Crippen molar-refractivity contribution in [1.82, 2.24) is 0 Å². The highest BCUT2D eigenvalue weighted by atomic mass is 79.9. The van der Waals surface area contributed by atoms with E-state index in [0.29, 0.717) is 20.8 Å². The van der Waals surface area contributed by atoms with Gasteiger partial charge in [0.1, 0.15) is 0 Å². The van der Waals surface area contributed by atoms with Gasteiger partial charge in [0.25, 0.3) is 0 Å². The number of halogens is 2. The zero-order valence-corrected chi connectivity index (χ0v) is 13.5. The highest BCUT2D eigenvalue weighted by molar-refractivity contribution is 9.10. The summed E-state index contributed by atoms with van der Waals surface area (Å²) in [6, 6.07) is 9.90. The van der Waals surface area contributed by atoms with Crippen molar-refractivity contribution in [3.63, 3.8) is 0 Å². The van der Waals surface area contributed by atoms with Crippen LogP contribution in [0.25, 0.3) is 6.08 Å². The summed E-state index contributed by atoms with van der Waals surface area (Å²) in [7, 11) is 1.47. The fourth-order valence-electron chi connectivity index (χ4n) is 1.75. The lowest BCUT2D eigenvalue weighted by molar-refractivity contribution is 0.104. The van der Waals surface area contributed by atoms with E-state index in [2.05, 4.69) is 15.9 Å². The molecule has 0 unspecified atom stereocenters. The molecule has 0 amide bonds. The third kappa shape index (κ3) is 3.86. The number of aromatic hydroxyl groups is 1. The second-order valence-corrected chi connectivity index (χ2v) is 5.54. The van der Waals surface area contributed by atoms with Crippen LogP contribution in [0.5, 0.6) is 11.5 Å². The fourth-order valence-corrected chi connectivity index (χ4v) is 2.41. The van der Waals surface area contributed by atoms with Crippen LogP contribution in [0.1, 0.15) is 15.9 Å². The summed E-state index contributed by atoms with van der Waals surface area (Å²) in [4.78, 5) is 12.1. The molecule has 0 bridgehead atoms. The first kappa shape index (κ1) is 15.6. The molecular formula is C16H12BrClO3. The number of ether oxygens (including phenoxy) is 1. The first-order chi connectivity index (χ1) is 10.0. The van der Waals surface area contributed by atoms with E-state index in [1.807, 2.05) is 0 Å². The van der Waals surface area contributed by atoms with Crippen molar-refractivity contribution in [3.05, 3.63) is 63.1 Å².